The Morgan fingerprint density at radius 1 is 0.833 bits per heavy atom. The molecule has 0 saturated carbocycles. The average molecular weight is 594 g/mol. The quantitative estimate of drug-likeness (QED) is 0.104. The third-order valence-electron chi connectivity index (χ3n) is 5.55. The number of para-hydroxylation sites is 1. The van der Waals surface area contributed by atoms with E-state index in [0.29, 0.717) is 10.8 Å². The third-order valence-corrected chi connectivity index (χ3v) is 5.79. The van der Waals surface area contributed by atoms with Crippen LogP contribution < -0.4 is 20.7 Å². The van der Waals surface area contributed by atoms with Crippen molar-refractivity contribution in [3.63, 3.8) is 0 Å². The highest BCUT2D eigenvalue weighted by Crippen LogP contribution is 2.36. The van der Waals surface area contributed by atoms with Gasteiger partial charge in [0.25, 0.3) is 0 Å². The summed E-state index contributed by atoms with van der Waals surface area (Å²) in [4.78, 5) is 32.5. The van der Waals surface area contributed by atoms with Crippen LogP contribution in [-0.2, 0) is 9.47 Å². The summed E-state index contributed by atoms with van der Waals surface area (Å²) >= 11 is 6.31. The molecule has 4 rings (SSSR count). The number of guanidine groups is 1. The first kappa shape index (κ1) is 30.5. The summed E-state index contributed by atoms with van der Waals surface area (Å²) < 4.78 is 16.8. The van der Waals surface area contributed by atoms with Crippen LogP contribution in [0.25, 0.3) is 21.8 Å². The van der Waals surface area contributed by atoms with E-state index in [1.807, 2.05) is 60.7 Å². The molecule has 0 aliphatic carbocycles. The third kappa shape index (κ3) is 8.78. The first-order valence-corrected chi connectivity index (χ1v) is 13.9. The van der Waals surface area contributed by atoms with E-state index in [4.69, 9.17) is 25.8 Å². The molecule has 11 heteroatoms. The van der Waals surface area contributed by atoms with Gasteiger partial charge in [0, 0.05) is 38.8 Å². The highest BCUT2D eigenvalue weighted by Gasteiger charge is 2.21. The Hall–Kier alpha value is -4.44. The Balaban J connectivity index is 1.56. The number of hydrogen-bond donors (Lipinski definition) is 4. The van der Waals surface area contributed by atoms with Crippen LogP contribution >= 0.6 is 11.6 Å². The Bertz CT molecular complexity index is 1570. The minimum atomic E-state index is -0.767. The summed E-state index contributed by atoms with van der Waals surface area (Å²) in [5, 5.41) is 10.9. The van der Waals surface area contributed by atoms with E-state index < -0.39 is 23.4 Å². The van der Waals surface area contributed by atoms with Gasteiger partial charge < -0.3 is 24.5 Å². The van der Waals surface area contributed by atoms with E-state index in [0.717, 1.165) is 33.2 Å². The summed E-state index contributed by atoms with van der Waals surface area (Å²) in [6, 6.07) is 19.4. The normalized spacial score (nSPS) is 11.6. The molecule has 0 spiro atoms. The van der Waals surface area contributed by atoms with Gasteiger partial charge in [-0.05, 0) is 77.9 Å². The van der Waals surface area contributed by atoms with Gasteiger partial charge in [0.2, 0.25) is 5.96 Å². The van der Waals surface area contributed by atoms with Crippen LogP contribution in [0.5, 0.6) is 5.75 Å². The number of hydrogen-bond acceptors (Lipinski definition) is 7. The Morgan fingerprint density at radius 2 is 1.48 bits per heavy atom. The number of halogens is 1. The number of benzene rings is 3. The molecule has 0 aliphatic heterocycles. The standard InChI is InChI=1S/C31H36ClN5O5/c1-30(2,3)41-28(38)36-27(37-29(39)42-31(4,5)6)33-14-15-40-25-18-21(34-20-10-8-7-9-11-20)17-23-22-16-19(32)12-13-24(22)35-26(23)25/h7-13,16-18,34-35H,14-15H2,1-6H3,(H2,33,36,37,38,39). The van der Waals surface area contributed by atoms with E-state index >= 15 is 0 Å². The molecule has 10 nitrogen and oxygen atoms in total. The zero-order valence-electron chi connectivity index (χ0n) is 24.6. The second kappa shape index (κ2) is 12.6. The molecule has 0 aliphatic rings. The first-order chi connectivity index (χ1) is 19.8. The maximum atomic E-state index is 12.4. The van der Waals surface area contributed by atoms with Crippen LogP contribution in [0.1, 0.15) is 41.5 Å². The Kier molecular flexibility index (Phi) is 9.16. The molecule has 0 bridgehead atoms. The molecule has 2 amide bonds. The maximum Gasteiger partial charge on any atom is 0.414 e. The smallest absolute Gasteiger partial charge is 0.414 e. The molecule has 3 aromatic carbocycles. The number of carbonyl (C=O) groups excluding carboxylic acids is 2. The van der Waals surface area contributed by atoms with Crippen molar-refractivity contribution in [1.29, 1.82) is 0 Å². The first-order valence-electron chi connectivity index (χ1n) is 13.5. The van der Waals surface area contributed by atoms with Crippen molar-refractivity contribution >= 4 is 62.9 Å². The predicted octanol–water partition coefficient (Wildman–Crippen LogP) is 7.50. The molecule has 0 unspecified atom stereocenters. The molecule has 1 heterocycles. The number of H-pyrrole nitrogens is 1. The molecular formula is C31H36ClN5O5. The number of aliphatic imine (C=N–C) groups is 1. The summed E-state index contributed by atoms with van der Waals surface area (Å²) in [6.07, 6.45) is -1.53. The minimum absolute atomic E-state index is 0.102. The van der Waals surface area contributed by atoms with Crippen LogP contribution in [-0.4, -0.2) is 47.5 Å². The average Bonchev–Trinajstić information content (AvgIpc) is 3.22. The number of nitrogens with zero attached hydrogens (tertiary/aromatic N) is 1. The second-order valence-corrected chi connectivity index (χ2v) is 12.0. The summed E-state index contributed by atoms with van der Waals surface area (Å²) in [6.45, 7) is 10.6. The molecule has 0 fully saturated rings. The van der Waals surface area contributed by atoms with Crippen LogP contribution in [0.4, 0.5) is 21.0 Å². The van der Waals surface area contributed by atoms with Crippen LogP contribution in [0, 0.1) is 0 Å². The van der Waals surface area contributed by atoms with Gasteiger partial charge >= 0.3 is 12.2 Å². The van der Waals surface area contributed by atoms with Gasteiger partial charge in [-0.2, -0.15) is 0 Å². The fraction of sp³-hybridized carbons (Fsp3) is 0.323. The van der Waals surface area contributed by atoms with Gasteiger partial charge in [-0.25, -0.2) is 14.6 Å². The van der Waals surface area contributed by atoms with Crippen molar-refractivity contribution in [2.45, 2.75) is 52.7 Å². The molecule has 1 aromatic heterocycles. The van der Waals surface area contributed by atoms with Gasteiger partial charge in [-0.1, -0.05) is 29.8 Å². The van der Waals surface area contributed by atoms with Gasteiger partial charge in [0.1, 0.15) is 23.6 Å². The molecule has 42 heavy (non-hydrogen) atoms. The lowest BCUT2D eigenvalue weighted by atomic mass is 10.1. The van der Waals surface area contributed by atoms with E-state index in [1.165, 1.54) is 0 Å². The monoisotopic (exact) mass is 593 g/mol. The van der Waals surface area contributed by atoms with Gasteiger partial charge in [0.15, 0.2) is 0 Å². The number of carbonyl (C=O) groups is 2. The molecule has 4 N–H and O–H groups in total. The summed E-state index contributed by atoms with van der Waals surface area (Å²) in [5.41, 5.74) is 1.99. The summed E-state index contributed by atoms with van der Waals surface area (Å²) in [5.74, 6) is 0.474. The number of ether oxygens (including phenoxy) is 3. The van der Waals surface area contributed by atoms with Crippen molar-refractivity contribution in [2.75, 3.05) is 18.5 Å². The SMILES string of the molecule is CC(C)(C)OC(=O)NC(=NCCOc1cc(Nc2ccccc2)cc2c1[nH]c1ccc(Cl)cc12)NC(=O)OC(C)(C)C. The van der Waals surface area contributed by atoms with E-state index in [1.54, 1.807) is 41.5 Å². The molecule has 0 atom stereocenters. The Labute approximate surface area is 249 Å². The highest BCUT2D eigenvalue weighted by atomic mass is 35.5. The van der Waals surface area contributed by atoms with Crippen molar-refractivity contribution < 1.29 is 23.8 Å². The lowest BCUT2D eigenvalue weighted by molar-refractivity contribution is 0.0545. The zero-order valence-corrected chi connectivity index (χ0v) is 25.3. The number of anilines is 2. The highest BCUT2D eigenvalue weighted by molar-refractivity contribution is 6.32. The molecule has 0 radical (unpaired) electrons. The Morgan fingerprint density at radius 3 is 2.10 bits per heavy atom. The maximum absolute atomic E-state index is 12.4. The predicted molar refractivity (Wildman–Crippen MR) is 167 cm³/mol. The molecular weight excluding hydrogens is 558 g/mol. The summed E-state index contributed by atoms with van der Waals surface area (Å²) in [7, 11) is 0. The topological polar surface area (TPSA) is 126 Å². The largest absolute Gasteiger partial charge is 0.489 e. The van der Waals surface area contributed by atoms with Gasteiger partial charge in [-0.15, -0.1) is 0 Å². The number of aromatic nitrogens is 1. The number of fused-ring (bicyclic) bond motifs is 3. The number of amides is 2. The van der Waals surface area contributed by atoms with Crippen molar-refractivity contribution in [2.24, 2.45) is 4.99 Å². The van der Waals surface area contributed by atoms with Crippen LogP contribution in [0.2, 0.25) is 5.02 Å². The minimum Gasteiger partial charge on any atom is -0.489 e. The lowest BCUT2D eigenvalue weighted by Crippen LogP contribution is -2.47. The number of rotatable bonds is 6. The number of alkyl carbamates (subject to hydrolysis) is 2. The lowest BCUT2D eigenvalue weighted by Gasteiger charge is -2.22. The van der Waals surface area contributed by atoms with Crippen molar-refractivity contribution in [1.82, 2.24) is 15.6 Å². The van der Waals surface area contributed by atoms with Gasteiger partial charge in [-0.3, -0.25) is 10.6 Å². The van der Waals surface area contributed by atoms with Crippen LogP contribution in [0.15, 0.2) is 65.7 Å². The second-order valence-electron chi connectivity index (χ2n) is 11.5. The van der Waals surface area contributed by atoms with E-state index in [2.05, 4.69) is 25.9 Å². The van der Waals surface area contributed by atoms with Crippen LogP contribution in [0.3, 0.4) is 0 Å². The van der Waals surface area contributed by atoms with Crippen molar-refractivity contribution in [3.8, 4) is 5.75 Å². The zero-order chi connectivity index (χ0) is 30.5. The molecule has 222 valence electrons. The van der Waals surface area contributed by atoms with E-state index in [9.17, 15) is 9.59 Å². The molecule has 4 aromatic rings. The number of aromatic amines is 1. The fourth-order valence-corrected chi connectivity index (χ4v) is 4.21. The van der Waals surface area contributed by atoms with Crippen molar-refractivity contribution in [3.05, 3.63) is 65.7 Å². The fourth-order valence-electron chi connectivity index (χ4n) is 4.04. The number of nitrogens with one attached hydrogen (secondary N) is 4. The van der Waals surface area contributed by atoms with Gasteiger partial charge in [0.05, 0.1) is 12.1 Å². The van der Waals surface area contributed by atoms with E-state index in [-0.39, 0.29) is 19.1 Å². The molecule has 0 saturated heterocycles.